The Balaban J connectivity index is 2.01. The van der Waals surface area contributed by atoms with Gasteiger partial charge in [-0.15, -0.1) is 0 Å². The Kier molecular flexibility index (Phi) is 6.16. The summed E-state index contributed by atoms with van der Waals surface area (Å²) in [5, 5.41) is 10.3. The average molecular weight is 336 g/mol. The van der Waals surface area contributed by atoms with Gasteiger partial charge in [-0.2, -0.15) is 5.10 Å². The minimum atomic E-state index is -0.168. The van der Waals surface area contributed by atoms with Crippen molar-refractivity contribution in [3.63, 3.8) is 0 Å². The molecule has 0 radical (unpaired) electrons. The van der Waals surface area contributed by atoms with Gasteiger partial charge < -0.3 is 5.32 Å². The number of rotatable bonds is 5. The fraction of sp³-hybridized carbons (Fsp3) is 0.231. The molecule has 4 N–H and O–H groups in total. The van der Waals surface area contributed by atoms with E-state index in [0.29, 0.717) is 10.3 Å². The lowest BCUT2D eigenvalue weighted by Gasteiger charge is -2.16. The average Bonchev–Trinajstić information content (AvgIpc) is 3.06. The SMILES string of the molecule is CNC(=S)NNC(=O)CC(Sc1ncn[nH]1)c1ccccc1. The van der Waals surface area contributed by atoms with Gasteiger partial charge in [-0.3, -0.25) is 20.7 Å². The Labute approximate surface area is 137 Å². The summed E-state index contributed by atoms with van der Waals surface area (Å²) in [5.41, 5.74) is 6.22. The van der Waals surface area contributed by atoms with Crippen molar-refractivity contribution < 1.29 is 4.79 Å². The highest BCUT2D eigenvalue weighted by molar-refractivity contribution is 7.99. The molecule has 116 valence electrons. The van der Waals surface area contributed by atoms with E-state index >= 15 is 0 Å². The van der Waals surface area contributed by atoms with Gasteiger partial charge in [-0.25, -0.2) is 4.98 Å². The Bertz CT molecular complexity index is 604. The number of H-pyrrole nitrogens is 1. The minimum Gasteiger partial charge on any atom is -0.364 e. The van der Waals surface area contributed by atoms with Crippen LogP contribution in [-0.4, -0.2) is 33.2 Å². The highest BCUT2D eigenvalue weighted by atomic mass is 32.2. The number of thioether (sulfide) groups is 1. The van der Waals surface area contributed by atoms with Crippen LogP contribution in [0, 0.1) is 0 Å². The molecule has 1 heterocycles. The molecule has 0 saturated carbocycles. The van der Waals surface area contributed by atoms with Gasteiger partial charge in [0.15, 0.2) is 10.3 Å². The maximum Gasteiger partial charge on any atom is 0.239 e. The number of hydrogen-bond donors (Lipinski definition) is 4. The number of carbonyl (C=O) groups excluding carboxylic acids is 1. The zero-order valence-corrected chi connectivity index (χ0v) is 13.5. The van der Waals surface area contributed by atoms with Crippen molar-refractivity contribution in [2.75, 3.05) is 7.05 Å². The van der Waals surface area contributed by atoms with Gasteiger partial charge in [-0.1, -0.05) is 42.1 Å². The van der Waals surface area contributed by atoms with E-state index < -0.39 is 0 Å². The molecule has 22 heavy (non-hydrogen) atoms. The van der Waals surface area contributed by atoms with Gasteiger partial charge in [0.05, 0.1) is 0 Å². The number of benzene rings is 1. The summed E-state index contributed by atoms with van der Waals surface area (Å²) in [7, 11) is 1.67. The molecular weight excluding hydrogens is 320 g/mol. The molecule has 1 amide bonds. The van der Waals surface area contributed by atoms with Crippen molar-refractivity contribution >= 4 is 35.0 Å². The quantitative estimate of drug-likeness (QED) is 0.370. The predicted octanol–water partition coefficient (Wildman–Crippen LogP) is 1.15. The second-order valence-corrected chi connectivity index (χ2v) is 5.86. The Morgan fingerprint density at radius 2 is 2.14 bits per heavy atom. The topological polar surface area (TPSA) is 94.7 Å². The normalized spacial score (nSPS) is 11.5. The molecule has 1 aromatic carbocycles. The molecule has 0 fully saturated rings. The standard InChI is InChI=1S/C13H16N6OS2/c1-14-12(21)18-17-11(20)7-10(9-5-3-2-4-6-9)22-13-15-8-16-19-13/h2-6,8,10H,7H2,1H3,(H,17,20)(H2,14,18,21)(H,15,16,19). The number of hydrogen-bond acceptors (Lipinski definition) is 5. The van der Waals surface area contributed by atoms with Gasteiger partial charge in [0.2, 0.25) is 5.91 Å². The molecule has 1 aromatic heterocycles. The largest absolute Gasteiger partial charge is 0.364 e. The monoisotopic (exact) mass is 336 g/mol. The van der Waals surface area contributed by atoms with Crippen molar-refractivity contribution in [2.45, 2.75) is 16.8 Å². The highest BCUT2D eigenvalue weighted by Crippen LogP contribution is 2.35. The second-order valence-electron chi connectivity index (χ2n) is 4.26. The molecule has 0 aliphatic heterocycles. The molecule has 0 saturated heterocycles. The lowest BCUT2D eigenvalue weighted by atomic mass is 10.1. The van der Waals surface area contributed by atoms with Crippen LogP contribution in [0.25, 0.3) is 0 Å². The van der Waals surface area contributed by atoms with E-state index in [1.54, 1.807) is 7.05 Å². The van der Waals surface area contributed by atoms with Gasteiger partial charge in [0, 0.05) is 18.7 Å². The zero-order valence-electron chi connectivity index (χ0n) is 11.9. The number of nitrogens with zero attached hydrogens (tertiary/aromatic N) is 2. The summed E-state index contributed by atoms with van der Waals surface area (Å²) in [6.07, 6.45) is 1.71. The van der Waals surface area contributed by atoms with E-state index in [2.05, 4.69) is 31.3 Å². The van der Waals surface area contributed by atoms with Crippen LogP contribution in [0.15, 0.2) is 41.8 Å². The van der Waals surface area contributed by atoms with Crippen molar-refractivity contribution in [3.05, 3.63) is 42.2 Å². The first-order valence-electron chi connectivity index (χ1n) is 6.52. The maximum absolute atomic E-state index is 12.1. The summed E-state index contributed by atoms with van der Waals surface area (Å²) in [4.78, 5) is 16.1. The van der Waals surface area contributed by atoms with Gasteiger partial charge in [-0.05, 0) is 17.8 Å². The lowest BCUT2D eigenvalue weighted by Crippen LogP contribution is -2.45. The third-order valence-electron chi connectivity index (χ3n) is 2.73. The van der Waals surface area contributed by atoms with E-state index in [1.165, 1.54) is 18.1 Å². The molecule has 7 nitrogen and oxygen atoms in total. The highest BCUT2D eigenvalue weighted by Gasteiger charge is 2.18. The number of amides is 1. The smallest absolute Gasteiger partial charge is 0.239 e. The summed E-state index contributed by atoms with van der Waals surface area (Å²) < 4.78 is 0. The first-order valence-corrected chi connectivity index (χ1v) is 7.81. The second kappa shape index (κ2) is 8.35. The molecule has 0 aliphatic rings. The van der Waals surface area contributed by atoms with E-state index in [4.69, 9.17) is 12.2 Å². The predicted molar refractivity (Wildman–Crippen MR) is 89.0 cm³/mol. The molecule has 2 rings (SSSR count). The number of aromatic nitrogens is 3. The first-order chi connectivity index (χ1) is 10.7. The Morgan fingerprint density at radius 1 is 1.36 bits per heavy atom. The van der Waals surface area contributed by atoms with Crippen LogP contribution in [0.2, 0.25) is 0 Å². The van der Waals surface area contributed by atoms with Crippen LogP contribution in [-0.2, 0) is 4.79 Å². The van der Waals surface area contributed by atoms with Crippen LogP contribution in [0.1, 0.15) is 17.2 Å². The number of thiocarbonyl (C=S) groups is 1. The molecular formula is C13H16N6OS2. The molecule has 0 spiro atoms. The molecule has 1 atom stereocenters. The number of carbonyl (C=O) groups is 1. The molecule has 0 bridgehead atoms. The molecule has 0 aliphatic carbocycles. The third kappa shape index (κ3) is 5.01. The molecule has 9 heteroatoms. The van der Waals surface area contributed by atoms with Crippen LogP contribution < -0.4 is 16.2 Å². The number of hydrazine groups is 1. The fourth-order valence-electron chi connectivity index (χ4n) is 1.69. The van der Waals surface area contributed by atoms with E-state index in [1.807, 2.05) is 30.3 Å². The van der Waals surface area contributed by atoms with Crippen LogP contribution in [0.3, 0.4) is 0 Å². The van der Waals surface area contributed by atoms with Crippen LogP contribution in [0.5, 0.6) is 0 Å². The number of aromatic amines is 1. The summed E-state index contributed by atoms with van der Waals surface area (Å²) in [6.45, 7) is 0. The van der Waals surface area contributed by atoms with Gasteiger partial charge in [0.1, 0.15) is 6.33 Å². The maximum atomic E-state index is 12.1. The third-order valence-corrected chi connectivity index (χ3v) is 4.18. The van der Waals surface area contributed by atoms with Gasteiger partial charge in [0.25, 0.3) is 0 Å². The van der Waals surface area contributed by atoms with Gasteiger partial charge >= 0.3 is 0 Å². The minimum absolute atomic E-state index is 0.0842. The van der Waals surface area contributed by atoms with E-state index in [-0.39, 0.29) is 17.6 Å². The summed E-state index contributed by atoms with van der Waals surface area (Å²) >= 11 is 6.36. The molecule has 2 aromatic rings. The fourth-order valence-corrected chi connectivity index (χ4v) is 2.75. The summed E-state index contributed by atoms with van der Waals surface area (Å²) in [5.74, 6) is -0.168. The summed E-state index contributed by atoms with van der Waals surface area (Å²) in [6, 6.07) is 9.78. The lowest BCUT2D eigenvalue weighted by molar-refractivity contribution is -0.121. The van der Waals surface area contributed by atoms with Crippen molar-refractivity contribution in [1.29, 1.82) is 0 Å². The first kappa shape index (κ1) is 16.2. The number of nitrogens with one attached hydrogen (secondary N) is 4. The van der Waals surface area contributed by atoms with Crippen molar-refractivity contribution in [3.8, 4) is 0 Å². The Morgan fingerprint density at radius 3 is 2.77 bits per heavy atom. The van der Waals surface area contributed by atoms with Crippen LogP contribution >= 0.6 is 24.0 Å². The Hall–Kier alpha value is -2.13. The van der Waals surface area contributed by atoms with Crippen molar-refractivity contribution in [1.82, 2.24) is 31.3 Å². The van der Waals surface area contributed by atoms with E-state index in [9.17, 15) is 4.79 Å². The molecule has 1 unspecified atom stereocenters. The van der Waals surface area contributed by atoms with Crippen LogP contribution in [0.4, 0.5) is 0 Å². The zero-order chi connectivity index (χ0) is 15.8. The van der Waals surface area contributed by atoms with Crippen molar-refractivity contribution in [2.24, 2.45) is 0 Å². The van der Waals surface area contributed by atoms with E-state index in [0.717, 1.165) is 5.56 Å².